The van der Waals surface area contributed by atoms with Crippen molar-refractivity contribution in [3.05, 3.63) is 35.4 Å². The van der Waals surface area contributed by atoms with Crippen LogP contribution in [0.4, 0.5) is 8.78 Å². The van der Waals surface area contributed by atoms with Crippen LogP contribution in [0, 0.1) is 11.6 Å². The zero-order chi connectivity index (χ0) is 12.4. The molecule has 1 atom stereocenters. The molecule has 0 aromatic heterocycles. The summed E-state index contributed by atoms with van der Waals surface area (Å²) in [5.74, 6) is -1.35. The molecule has 0 bridgehead atoms. The molecule has 1 fully saturated rings. The standard InChI is InChI=1S/C12H13F2NO2/c13-9-3-8(4-10(14)5-9)1-2-15-7-11(16)6-12(15)17/h3-5,11,16H,1-2,6-7H2. The fourth-order valence-electron chi connectivity index (χ4n) is 1.99. The molecule has 1 saturated heterocycles. The number of carbonyl (C=O) groups is 1. The van der Waals surface area contributed by atoms with Crippen LogP contribution in [0.15, 0.2) is 18.2 Å². The van der Waals surface area contributed by atoms with Gasteiger partial charge in [0.05, 0.1) is 12.5 Å². The normalized spacial score (nSPS) is 20.1. The van der Waals surface area contributed by atoms with Gasteiger partial charge in [0.25, 0.3) is 0 Å². The van der Waals surface area contributed by atoms with E-state index < -0.39 is 17.7 Å². The monoisotopic (exact) mass is 241 g/mol. The summed E-state index contributed by atoms with van der Waals surface area (Å²) in [4.78, 5) is 12.9. The highest BCUT2D eigenvalue weighted by molar-refractivity contribution is 5.79. The van der Waals surface area contributed by atoms with Gasteiger partial charge in [0, 0.05) is 19.2 Å². The molecule has 1 aliphatic rings. The molecule has 1 aromatic carbocycles. The average Bonchev–Trinajstić information content (AvgIpc) is 2.53. The molecule has 0 aliphatic carbocycles. The van der Waals surface area contributed by atoms with Gasteiger partial charge in [0.2, 0.25) is 5.91 Å². The first kappa shape index (κ1) is 12.0. The predicted molar refractivity (Wildman–Crippen MR) is 57.3 cm³/mol. The highest BCUT2D eigenvalue weighted by Crippen LogP contribution is 2.13. The highest BCUT2D eigenvalue weighted by Gasteiger charge is 2.27. The number of benzene rings is 1. The summed E-state index contributed by atoms with van der Waals surface area (Å²) >= 11 is 0. The molecular formula is C12H13F2NO2. The summed E-state index contributed by atoms with van der Waals surface area (Å²) in [7, 11) is 0. The molecule has 3 nitrogen and oxygen atoms in total. The van der Waals surface area contributed by atoms with Crippen molar-refractivity contribution in [3.8, 4) is 0 Å². The van der Waals surface area contributed by atoms with Gasteiger partial charge in [0.15, 0.2) is 0 Å². The molecule has 17 heavy (non-hydrogen) atoms. The van der Waals surface area contributed by atoms with E-state index >= 15 is 0 Å². The third-order valence-corrected chi connectivity index (χ3v) is 2.79. The molecule has 0 spiro atoms. The second-order valence-electron chi connectivity index (χ2n) is 4.23. The smallest absolute Gasteiger partial charge is 0.225 e. The van der Waals surface area contributed by atoms with Crippen molar-refractivity contribution in [2.24, 2.45) is 0 Å². The number of β-amino-alcohol motifs (C(OH)–C–C–N with tert-alkyl or cyclic N) is 1. The largest absolute Gasteiger partial charge is 0.391 e. The summed E-state index contributed by atoms with van der Waals surface area (Å²) < 4.78 is 25.8. The summed E-state index contributed by atoms with van der Waals surface area (Å²) in [5.41, 5.74) is 0.511. The number of nitrogens with zero attached hydrogens (tertiary/aromatic N) is 1. The fraction of sp³-hybridized carbons (Fsp3) is 0.417. The van der Waals surface area contributed by atoms with Crippen LogP contribution in [0.2, 0.25) is 0 Å². The van der Waals surface area contributed by atoms with Gasteiger partial charge in [-0.1, -0.05) is 0 Å². The minimum absolute atomic E-state index is 0.116. The van der Waals surface area contributed by atoms with E-state index in [1.54, 1.807) is 0 Å². The molecule has 1 amide bonds. The topological polar surface area (TPSA) is 40.5 Å². The number of hydrogen-bond acceptors (Lipinski definition) is 2. The maximum absolute atomic E-state index is 12.9. The lowest BCUT2D eigenvalue weighted by Crippen LogP contribution is -2.28. The Morgan fingerprint density at radius 2 is 1.94 bits per heavy atom. The van der Waals surface area contributed by atoms with Crippen molar-refractivity contribution in [2.45, 2.75) is 18.9 Å². The number of halogens is 2. The zero-order valence-corrected chi connectivity index (χ0v) is 9.20. The molecule has 0 radical (unpaired) electrons. The Balaban J connectivity index is 1.96. The number of rotatable bonds is 3. The summed E-state index contributed by atoms with van der Waals surface area (Å²) in [5, 5.41) is 9.27. The van der Waals surface area contributed by atoms with Gasteiger partial charge in [-0.25, -0.2) is 8.78 Å². The van der Waals surface area contributed by atoms with E-state index in [0.717, 1.165) is 6.07 Å². The van der Waals surface area contributed by atoms with Gasteiger partial charge in [0.1, 0.15) is 11.6 Å². The number of hydrogen-bond donors (Lipinski definition) is 1. The van der Waals surface area contributed by atoms with Crippen LogP contribution in [0.1, 0.15) is 12.0 Å². The third-order valence-electron chi connectivity index (χ3n) is 2.79. The van der Waals surface area contributed by atoms with Crippen molar-refractivity contribution in [2.75, 3.05) is 13.1 Å². The van der Waals surface area contributed by atoms with Crippen LogP contribution < -0.4 is 0 Å². The van der Waals surface area contributed by atoms with Crippen LogP contribution >= 0.6 is 0 Å². The van der Waals surface area contributed by atoms with Crippen LogP contribution in [0.3, 0.4) is 0 Å². The molecule has 1 unspecified atom stereocenters. The SMILES string of the molecule is O=C1CC(O)CN1CCc1cc(F)cc(F)c1. The van der Waals surface area contributed by atoms with Gasteiger partial charge < -0.3 is 10.0 Å². The van der Waals surface area contributed by atoms with E-state index in [4.69, 9.17) is 0 Å². The highest BCUT2D eigenvalue weighted by atomic mass is 19.1. The zero-order valence-electron chi connectivity index (χ0n) is 9.20. The first-order valence-electron chi connectivity index (χ1n) is 5.45. The van der Waals surface area contributed by atoms with E-state index in [9.17, 15) is 18.7 Å². The molecule has 1 aliphatic heterocycles. The number of carbonyl (C=O) groups excluding carboxylic acids is 1. The molecule has 1 heterocycles. The number of likely N-dealkylation sites (tertiary alicyclic amines) is 1. The second kappa shape index (κ2) is 4.79. The Hall–Kier alpha value is -1.49. The lowest BCUT2D eigenvalue weighted by molar-refractivity contribution is -0.127. The fourth-order valence-corrected chi connectivity index (χ4v) is 1.99. The van der Waals surface area contributed by atoms with Crippen molar-refractivity contribution >= 4 is 5.91 Å². The first-order chi connectivity index (χ1) is 8.04. The lowest BCUT2D eigenvalue weighted by Gasteiger charge is -2.15. The van der Waals surface area contributed by atoms with Crippen molar-refractivity contribution in [1.29, 1.82) is 0 Å². The van der Waals surface area contributed by atoms with Gasteiger partial charge >= 0.3 is 0 Å². The molecule has 92 valence electrons. The molecule has 5 heteroatoms. The van der Waals surface area contributed by atoms with Gasteiger partial charge in [-0.05, 0) is 24.1 Å². The minimum Gasteiger partial charge on any atom is -0.391 e. The Labute approximate surface area is 97.7 Å². The number of aliphatic hydroxyl groups excluding tert-OH is 1. The van der Waals surface area contributed by atoms with Crippen LogP contribution in [0.5, 0.6) is 0 Å². The maximum Gasteiger partial charge on any atom is 0.225 e. The van der Waals surface area contributed by atoms with Crippen molar-refractivity contribution < 1.29 is 18.7 Å². The minimum atomic E-state index is -0.619. The van der Waals surface area contributed by atoms with E-state index in [1.165, 1.54) is 17.0 Å². The second-order valence-corrected chi connectivity index (χ2v) is 4.23. The predicted octanol–water partition coefficient (Wildman–Crippen LogP) is 1.10. The van der Waals surface area contributed by atoms with Gasteiger partial charge in [-0.3, -0.25) is 4.79 Å². The van der Waals surface area contributed by atoms with Gasteiger partial charge in [-0.15, -0.1) is 0 Å². The van der Waals surface area contributed by atoms with E-state index in [2.05, 4.69) is 0 Å². The molecular weight excluding hydrogens is 228 g/mol. The number of amides is 1. The van der Waals surface area contributed by atoms with Crippen molar-refractivity contribution in [3.63, 3.8) is 0 Å². The Bertz CT molecular complexity index is 416. The van der Waals surface area contributed by atoms with E-state index in [0.29, 0.717) is 25.1 Å². The summed E-state index contributed by atoms with van der Waals surface area (Å²) in [6.45, 7) is 0.676. The third kappa shape index (κ3) is 3.00. The van der Waals surface area contributed by atoms with Crippen molar-refractivity contribution in [1.82, 2.24) is 4.90 Å². The quantitative estimate of drug-likeness (QED) is 0.861. The molecule has 1 N–H and O–H groups in total. The summed E-state index contributed by atoms with van der Waals surface area (Å²) in [6, 6.07) is 3.31. The molecule has 0 saturated carbocycles. The Morgan fingerprint density at radius 3 is 2.47 bits per heavy atom. The Morgan fingerprint density at radius 1 is 1.29 bits per heavy atom. The van der Waals surface area contributed by atoms with E-state index in [-0.39, 0.29) is 12.3 Å². The Kier molecular flexibility index (Phi) is 3.38. The van der Waals surface area contributed by atoms with E-state index in [1.807, 2.05) is 0 Å². The number of aliphatic hydroxyl groups is 1. The first-order valence-corrected chi connectivity index (χ1v) is 5.45. The van der Waals surface area contributed by atoms with Gasteiger partial charge in [-0.2, -0.15) is 0 Å². The van der Waals surface area contributed by atoms with Crippen LogP contribution in [-0.4, -0.2) is 35.1 Å². The molecule has 1 aromatic rings. The van der Waals surface area contributed by atoms with Crippen LogP contribution in [0.25, 0.3) is 0 Å². The average molecular weight is 241 g/mol. The maximum atomic E-state index is 12.9. The molecule has 2 rings (SSSR count). The lowest BCUT2D eigenvalue weighted by atomic mass is 10.1. The summed E-state index contributed by atoms with van der Waals surface area (Å²) in [6.07, 6.45) is -0.100. The van der Waals surface area contributed by atoms with Crippen LogP contribution in [-0.2, 0) is 11.2 Å².